The first-order valence-corrected chi connectivity index (χ1v) is 10.9. The molecular weight excluding hydrogens is 400 g/mol. The Kier molecular flexibility index (Phi) is 7.10. The third-order valence-corrected chi connectivity index (χ3v) is 6.01. The number of aliphatic hydroxyl groups is 2. The van der Waals surface area contributed by atoms with Gasteiger partial charge in [-0.3, -0.25) is 4.18 Å². The van der Waals surface area contributed by atoms with Crippen LogP contribution in [0.15, 0.2) is 47.4 Å². The van der Waals surface area contributed by atoms with Gasteiger partial charge in [0.2, 0.25) is 0 Å². The fourth-order valence-corrected chi connectivity index (χ4v) is 3.81. The van der Waals surface area contributed by atoms with Crippen LogP contribution in [0, 0.1) is 5.41 Å². The van der Waals surface area contributed by atoms with Crippen molar-refractivity contribution in [2.24, 2.45) is 5.41 Å². The predicted molar refractivity (Wildman–Crippen MR) is 103 cm³/mol. The van der Waals surface area contributed by atoms with E-state index in [1.807, 2.05) is 13.8 Å². The van der Waals surface area contributed by atoms with Crippen LogP contribution in [0.2, 0.25) is 0 Å². The Balaban J connectivity index is 1.37. The second-order valence-corrected chi connectivity index (χ2v) is 9.68. The van der Waals surface area contributed by atoms with E-state index in [9.17, 15) is 18.6 Å². The van der Waals surface area contributed by atoms with Gasteiger partial charge in [-0.1, -0.05) is 44.2 Å². The van der Waals surface area contributed by atoms with Gasteiger partial charge in [-0.05, 0) is 18.6 Å². The molecule has 2 fully saturated rings. The molecule has 3 rings (SSSR count). The highest BCUT2D eigenvalue weighted by molar-refractivity contribution is 7.86. The van der Waals surface area contributed by atoms with Crippen molar-refractivity contribution >= 4 is 10.1 Å². The lowest BCUT2D eigenvalue weighted by atomic mass is 9.95. The van der Waals surface area contributed by atoms with E-state index in [2.05, 4.69) is 0 Å². The van der Waals surface area contributed by atoms with Crippen LogP contribution in [-0.4, -0.2) is 69.2 Å². The molecule has 0 amide bonds. The fraction of sp³-hybridized carbons (Fsp3) is 0.600. The molecule has 0 spiro atoms. The molecule has 29 heavy (non-hydrogen) atoms. The molecule has 0 aliphatic carbocycles. The Bertz CT molecular complexity index is 782. The van der Waals surface area contributed by atoms with Gasteiger partial charge < -0.3 is 24.4 Å². The molecular formula is C20H28O8S. The third-order valence-electron chi connectivity index (χ3n) is 4.71. The first-order valence-electron chi connectivity index (χ1n) is 9.54. The van der Waals surface area contributed by atoms with Crippen molar-refractivity contribution in [1.29, 1.82) is 0 Å². The standard InChI is InChI=1S/C20H28O8S/c1-20(2)12-25-19(26-13-20)18(22)15(21)9-6-10-16-17(28-16)11-27-29(23,24)14-7-4-3-5-8-14/h3-9,15-19,21-22H,10-13H2,1-2H3/b9-6+/t15-,16+,17+,18+/m0/s1. The summed E-state index contributed by atoms with van der Waals surface area (Å²) in [5.41, 5.74) is -0.120. The lowest BCUT2D eigenvalue weighted by molar-refractivity contribution is -0.266. The van der Waals surface area contributed by atoms with Gasteiger partial charge in [-0.2, -0.15) is 8.42 Å². The minimum absolute atomic E-state index is 0.0690. The van der Waals surface area contributed by atoms with E-state index in [4.69, 9.17) is 18.4 Å². The molecule has 162 valence electrons. The molecule has 2 aliphatic rings. The van der Waals surface area contributed by atoms with Gasteiger partial charge in [0.1, 0.15) is 18.3 Å². The molecule has 4 atom stereocenters. The number of rotatable bonds is 9. The van der Waals surface area contributed by atoms with Gasteiger partial charge in [0, 0.05) is 5.41 Å². The number of ether oxygens (including phenoxy) is 3. The van der Waals surface area contributed by atoms with E-state index >= 15 is 0 Å². The summed E-state index contributed by atoms with van der Waals surface area (Å²) in [6, 6.07) is 7.92. The quantitative estimate of drug-likeness (QED) is 0.343. The molecule has 0 aromatic heterocycles. The number of epoxide rings is 1. The molecule has 0 saturated carbocycles. The molecule has 9 heteroatoms. The van der Waals surface area contributed by atoms with E-state index in [1.165, 1.54) is 18.2 Å². The molecule has 0 unspecified atom stereocenters. The summed E-state index contributed by atoms with van der Waals surface area (Å²) >= 11 is 0. The summed E-state index contributed by atoms with van der Waals surface area (Å²) in [7, 11) is -3.80. The van der Waals surface area contributed by atoms with Crippen molar-refractivity contribution in [3.63, 3.8) is 0 Å². The number of benzene rings is 1. The van der Waals surface area contributed by atoms with Gasteiger partial charge in [-0.25, -0.2) is 0 Å². The Morgan fingerprint density at radius 3 is 2.48 bits per heavy atom. The summed E-state index contributed by atoms with van der Waals surface area (Å²) in [5, 5.41) is 20.3. The predicted octanol–water partition coefficient (Wildman–Crippen LogP) is 1.23. The second-order valence-electron chi connectivity index (χ2n) is 8.06. The zero-order chi connectivity index (χ0) is 21.1. The van der Waals surface area contributed by atoms with Crippen LogP contribution in [0.4, 0.5) is 0 Å². The van der Waals surface area contributed by atoms with E-state index in [1.54, 1.807) is 24.3 Å². The average molecular weight is 429 g/mol. The monoisotopic (exact) mass is 428 g/mol. The van der Waals surface area contributed by atoms with E-state index in [0.717, 1.165) is 0 Å². The fourth-order valence-electron chi connectivity index (χ4n) is 2.87. The molecule has 2 heterocycles. The van der Waals surface area contributed by atoms with Crippen LogP contribution in [-0.2, 0) is 28.5 Å². The number of hydrogen-bond donors (Lipinski definition) is 2. The lowest BCUT2D eigenvalue weighted by Crippen LogP contribution is -2.47. The molecule has 2 saturated heterocycles. The topological polar surface area (TPSA) is 115 Å². The Hall–Kier alpha value is -1.33. The maximum atomic E-state index is 12.1. The molecule has 2 aliphatic heterocycles. The summed E-state index contributed by atoms with van der Waals surface area (Å²) in [6.45, 7) is 4.79. The van der Waals surface area contributed by atoms with Crippen molar-refractivity contribution in [2.75, 3.05) is 19.8 Å². The highest BCUT2D eigenvalue weighted by Gasteiger charge is 2.39. The van der Waals surface area contributed by atoms with Crippen molar-refractivity contribution in [2.45, 2.75) is 55.9 Å². The Morgan fingerprint density at radius 1 is 1.17 bits per heavy atom. The van der Waals surface area contributed by atoms with E-state index in [0.29, 0.717) is 19.6 Å². The average Bonchev–Trinajstić information content (AvgIpc) is 3.45. The molecule has 1 aromatic carbocycles. The second kappa shape index (κ2) is 9.22. The SMILES string of the molecule is CC1(C)COC([C@H](O)[C@@H](O)/C=C/C[C@H]2O[C@@H]2COS(=O)(=O)c2ccccc2)OC1. The minimum Gasteiger partial charge on any atom is -0.386 e. The maximum absolute atomic E-state index is 12.1. The van der Waals surface area contributed by atoms with Crippen molar-refractivity contribution < 1.29 is 37.0 Å². The van der Waals surface area contributed by atoms with E-state index in [-0.39, 0.29) is 29.1 Å². The van der Waals surface area contributed by atoms with Crippen LogP contribution in [0.3, 0.4) is 0 Å². The van der Waals surface area contributed by atoms with Crippen molar-refractivity contribution in [1.82, 2.24) is 0 Å². The molecule has 0 radical (unpaired) electrons. The van der Waals surface area contributed by atoms with Crippen LogP contribution >= 0.6 is 0 Å². The summed E-state index contributed by atoms with van der Waals surface area (Å²) in [5.74, 6) is 0. The Labute approximate surface area is 171 Å². The van der Waals surface area contributed by atoms with Gasteiger partial charge in [0.05, 0.1) is 30.8 Å². The zero-order valence-electron chi connectivity index (χ0n) is 16.5. The zero-order valence-corrected chi connectivity index (χ0v) is 17.3. The van der Waals surface area contributed by atoms with Crippen LogP contribution in [0.1, 0.15) is 20.3 Å². The van der Waals surface area contributed by atoms with Crippen LogP contribution < -0.4 is 0 Å². The number of aliphatic hydroxyl groups excluding tert-OH is 2. The molecule has 2 N–H and O–H groups in total. The summed E-state index contributed by atoms with van der Waals surface area (Å²) in [6.07, 6.45) is -0.135. The maximum Gasteiger partial charge on any atom is 0.297 e. The van der Waals surface area contributed by atoms with E-state index < -0.39 is 28.6 Å². The Morgan fingerprint density at radius 2 is 1.83 bits per heavy atom. The first kappa shape index (κ1) is 22.4. The summed E-state index contributed by atoms with van der Waals surface area (Å²) < 4.78 is 45.5. The van der Waals surface area contributed by atoms with Gasteiger partial charge in [-0.15, -0.1) is 0 Å². The summed E-state index contributed by atoms with van der Waals surface area (Å²) in [4.78, 5) is 0.102. The highest BCUT2D eigenvalue weighted by atomic mass is 32.2. The normalized spacial score (nSPS) is 27.0. The lowest BCUT2D eigenvalue weighted by Gasteiger charge is -2.37. The number of hydrogen-bond acceptors (Lipinski definition) is 8. The largest absolute Gasteiger partial charge is 0.386 e. The smallest absolute Gasteiger partial charge is 0.297 e. The minimum atomic E-state index is -3.80. The van der Waals surface area contributed by atoms with Crippen LogP contribution in [0.25, 0.3) is 0 Å². The third kappa shape index (κ3) is 6.32. The molecule has 0 bridgehead atoms. The molecule has 1 aromatic rings. The van der Waals surface area contributed by atoms with Gasteiger partial charge in [0.25, 0.3) is 10.1 Å². The van der Waals surface area contributed by atoms with Gasteiger partial charge >= 0.3 is 0 Å². The highest BCUT2D eigenvalue weighted by Crippen LogP contribution is 2.28. The van der Waals surface area contributed by atoms with Crippen LogP contribution in [0.5, 0.6) is 0 Å². The van der Waals surface area contributed by atoms with Gasteiger partial charge in [0.15, 0.2) is 6.29 Å². The van der Waals surface area contributed by atoms with Crippen molar-refractivity contribution in [3.05, 3.63) is 42.5 Å². The van der Waals surface area contributed by atoms with Crippen molar-refractivity contribution in [3.8, 4) is 0 Å². The molecule has 8 nitrogen and oxygen atoms in total. The first-order chi connectivity index (χ1) is 13.7.